The van der Waals surface area contributed by atoms with Crippen LogP contribution in [0.4, 0.5) is 0 Å². The van der Waals surface area contributed by atoms with Crippen LogP contribution in [0.5, 0.6) is 0 Å². The van der Waals surface area contributed by atoms with Crippen LogP contribution in [0.2, 0.25) is 0 Å². The lowest BCUT2D eigenvalue weighted by Crippen LogP contribution is -1.43. The maximum Gasteiger partial charge on any atom is -0.0445 e. The highest BCUT2D eigenvalue weighted by atomic mass is 13.6. The Morgan fingerprint density at radius 3 is 0.786 bits per heavy atom. The van der Waals surface area contributed by atoms with E-state index in [4.69, 9.17) is 0 Å². The summed E-state index contributed by atoms with van der Waals surface area (Å²) in [6.07, 6.45) is 1.25. The van der Waals surface area contributed by atoms with E-state index in [1.165, 1.54) is 12.0 Å². The summed E-state index contributed by atoms with van der Waals surface area (Å²) in [5.41, 5.74) is 1.17. The topological polar surface area (TPSA) is 0 Å². The summed E-state index contributed by atoms with van der Waals surface area (Å²) in [5.74, 6) is 0. The molecular weight excluding hydrogens is 168 g/mol. The van der Waals surface area contributed by atoms with Crippen molar-refractivity contribution in [2.75, 3.05) is 0 Å². The fourth-order valence-corrected chi connectivity index (χ4v) is 0. The minimum atomic E-state index is 0. The largest absolute Gasteiger partial charge is 0.100 e. The Balaban J connectivity index is -0.0000000146. The molecule has 0 atom stereocenters. The molecule has 0 aromatic heterocycles. The lowest BCUT2D eigenvalue weighted by atomic mass is 10.4. The van der Waals surface area contributed by atoms with Gasteiger partial charge in [-0.05, 0) is 13.8 Å². The van der Waals surface area contributed by atoms with E-state index in [-0.39, 0.29) is 7.43 Å². The van der Waals surface area contributed by atoms with E-state index in [1.54, 1.807) is 0 Å². The van der Waals surface area contributed by atoms with Gasteiger partial charge < -0.3 is 0 Å². The van der Waals surface area contributed by atoms with Gasteiger partial charge in [-0.15, -0.1) is 6.58 Å². The summed E-state index contributed by atoms with van der Waals surface area (Å²) in [4.78, 5) is 0. The molecule has 0 bridgehead atoms. The number of hydrogen-bond acceptors (Lipinski definition) is 0. The van der Waals surface area contributed by atoms with E-state index < -0.39 is 0 Å². The highest BCUT2D eigenvalue weighted by molar-refractivity contribution is 4.78. The SMILES string of the molecule is C.C=C(C)C.CC.CC.CC.CCC. The van der Waals surface area contributed by atoms with Crippen molar-refractivity contribution in [3.63, 3.8) is 0 Å². The zero-order valence-corrected chi connectivity index (χ0v) is 11.9. The first-order valence-electron chi connectivity index (χ1n) is 5.77. The van der Waals surface area contributed by atoms with Gasteiger partial charge in [0, 0.05) is 0 Å². The van der Waals surface area contributed by atoms with Gasteiger partial charge in [-0.1, -0.05) is 74.8 Å². The molecule has 0 aliphatic heterocycles. The van der Waals surface area contributed by atoms with Crippen LogP contribution in [0.3, 0.4) is 0 Å². The van der Waals surface area contributed by atoms with E-state index in [1.807, 2.05) is 55.4 Å². The number of rotatable bonds is 0. The molecule has 0 saturated carbocycles. The fourth-order valence-electron chi connectivity index (χ4n) is 0. The normalized spacial score (nSPS) is 4.43. The zero-order valence-electron chi connectivity index (χ0n) is 11.9. The van der Waals surface area contributed by atoms with Gasteiger partial charge in [0.15, 0.2) is 0 Å². The molecule has 0 aromatic carbocycles. The Labute approximate surface area is 95.8 Å². The molecule has 0 fully saturated rings. The predicted octanol–water partition coefficient (Wildman–Crippen LogP) is 6.71. The Morgan fingerprint density at radius 1 is 0.786 bits per heavy atom. The van der Waals surface area contributed by atoms with Crippen molar-refractivity contribution in [1.29, 1.82) is 0 Å². The van der Waals surface area contributed by atoms with Gasteiger partial charge in [0.05, 0.1) is 0 Å². The smallest absolute Gasteiger partial charge is 0.0445 e. The summed E-state index contributed by atoms with van der Waals surface area (Å²) in [5, 5.41) is 0. The van der Waals surface area contributed by atoms with Crippen LogP contribution in [0.15, 0.2) is 12.2 Å². The van der Waals surface area contributed by atoms with Crippen molar-refractivity contribution >= 4 is 0 Å². The van der Waals surface area contributed by atoms with Crippen LogP contribution < -0.4 is 0 Å². The van der Waals surface area contributed by atoms with Crippen molar-refractivity contribution < 1.29 is 0 Å². The minimum absolute atomic E-state index is 0. The predicted molar refractivity (Wildman–Crippen MR) is 77.2 cm³/mol. The van der Waals surface area contributed by atoms with Crippen molar-refractivity contribution in [2.24, 2.45) is 0 Å². The molecule has 0 aromatic rings. The molecule has 0 nitrogen and oxygen atoms in total. The molecule has 94 valence electrons. The van der Waals surface area contributed by atoms with Gasteiger partial charge in [0.2, 0.25) is 0 Å². The van der Waals surface area contributed by atoms with Crippen molar-refractivity contribution in [1.82, 2.24) is 0 Å². The molecule has 0 heteroatoms. The van der Waals surface area contributed by atoms with Gasteiger partial charge in [0.1, 0.15) is 0 Å². The lowest BCUT2D eigenvalue weighted by Gasteiger charge is -1.65. The zero-order chi connectivity index (χ0) is 12.3. The molecule has 0 unspecified atom stereocenters. The Morgan fingerprint density at radius 2 is 0.786 bits per heavy atom. The van der Waals surface area contributed by atoms with Gasteiger partial charge in [-0.2, -0.15) is 0 Å². The van der Waals surface area contributed by atoms with Gasteiger partial charge in [0.25, 0.3) is 0 Å². The molecule has 0 aliphatic rings. The highest BCUT2D eigenvalue weighted by Gasteiger charge is 1.51. The van der Waals surface area contributed by atoms with Crippen LogP contribution in [-0.4, -0.2) is 0 Å². The van der Waals surface area contributed by atoms with Gasteiger partial charge >= 0.3 is 0 Å². The summed E-state index contributed by atoms with van der Waals surface area (Å²) < 4.78 is 0. The Kier molecular flexibility index (Phi) is 334. The summed E-state index contributed by atoms with van der Waals surface area (Å²) in [6, 6.07) is 0. The Hall–Kier alpha value is -0.260. The highest BCUT2D eigenvalue weighted by Crippen LogP contribution is 1.73. The quantitative estimate of drug-likeness (QED) is 0.386. The van der Waals surface area contributed by atoms with E-state index in [0.29, 0.717) is 0 Å². The molecule has 0 aliphatic carbocycles. The van der Waals surface area contributed by atoms with E-state index in [2.05, 4.69) is 20.4 Å². The average Bonchev–Trinajstić information content (AvgIpc) is 2.14. The third kappa shape index (κ3) is 20000. The molecule has 0 radical (unpaired) electrons. The first-order valence-corrected chi connectivity index (χ1v) is 5.77. The van der Waals surface area contributed by atoms with Crippen LogP contribution in [-0.2, 0) is 0 Å². The second-order valence-corrected chi connectivity index (χ2v) is 1.91. The second kappa shape index (κ2) is 126. The maximum atomic E-state index is 3.56. The molecule has 0 N–H and O–H groups in total. The molecule has 14 heavy (non-hydrogen) atoms. The van der Waals surface area contributed by atoms with Crippen LogP contribution in [0.25, 0.3) is 0 Å². The fraction of sp³-hybridized carbons (Fsp3) is 0.857. The van der Waals surface area contributed by atoms with E-state index >= 15 is 0 Å². The van der Waals surface area contributed by atoms with E-state index in [9.17, 15) is 0 Å². The third-order valence-electron chi connectivity index (χ3n) is 0. The second-order valence-electron chi connectivity index (χ2n) is 1.91. The van der Waals surface area contributed by atoms with E-state index in [0.717, 1.165) is 0 Å². The first kappa shape index (κ1) is 37.2. The molecular formula is C14H38. The monoisotopic (exact) mass is 206 g/mol. The van der Waals surface area contributed by atoms with Gasteiger partial charge in [-0.3, -0.25) is 0 Å². The van der Waals surface area contributed by atoms with Crippen molar-refractivity contribution in [2.45, 2.75) is 83.1 Å². The lowest BCUT2D eigenvalue weighted by molar-refractivity contribution is 1.09. The first-order chi connectivity index (χ1) is 6.15. The summed E-state index contributed by atoms with van der Waals surface area (Å²) in [7, 11) is 0. The van der Waals surface area contributed by atoms with Crippen LogP contribution in [0, 0.1) is 0 Å². The van der Waals surface area contributed by atoms with Crippen LogP contribution in [0.1, 0.15) is 83.1 Å². The molecule has 0 spiro atoms. The summed E-state index contributed by atoms with van der Waals surface area (Å²) >= 11 is 0. The van der Waals surface area contributed by atoms with Gasteiger partial charge in [-0.25, -0.2) is 0 Å². The average molecular weight is 206 g/mol. The Bertz CT molecular complexity index is 31.3. The molecule has 0 amide bonds. The molecule has 0 rings (SSSR count). The van der Waals surface area contributed by atoms with Crippen molar-refractivity contribution in [3.05, 3.63) is 12.2 Å². The van der Waals surface area contributed by atoms with Crippen molar-refractivity contribution in [3.8, 4) is 0 Å². The minimum Gasteiger partial charge on any atom is -0.100 e. The van der Waals surface area contributed by atoms with Crippen LogP contribution >= 0.6 is 0 Å². The molecule has 0 heterocycles. The third-order valence-corrected chi connectivity index (χ3v) is 0. The standard InChI is InChI=1S/C4H8.C3H8.3C2H6.CH4/c1-4(2)3;1-3-2;3*1-2;/h1H2,2-3H3;3H2,1-2H3;3*1-2H3;1H4. The summed E-state index contributed by atoms with van der Waals surface area (Å²) in [6.45, 7) is 23.8. The maximum absolute atomic E-state index is 3.56. The molecule has 0 saturated heterocycles. The number of hydrogen-bond donors (Lipinski definition) is 0. The number of allylic oxidation sites excluding steroid dienone is 1.